The maximum atomic E-state index is 13.9. The SMILES string of the molecule is CCOCCOCCNc1ccc(S(=O)(=O)NC(=O)c2ccc(N3CCN(CC4=C(c5ccc(Cl)cc5)CC5(CCC5)CC4)CC3)cc2Oc2cnc3[nH]ccc3c2)cc1[N+](=O)[O-]. The number of carbonyl (C=O) groups excluding carboxylic acids is 1. The Bertz CT molecular complexity index is 2590. The summed E-state index contributed by atoms with van der Waals surface area (Å²) in [5, 5.41) is 16.5. The number of sulfonamides is 1. The Labute approximate surface area is 372 Å². The van der Waals surface area contributed by atoms with Gasteiger partial charge in [0.2, 0.25) is 0 Å². The molecule has 1 aliphatic heterocycles. The van der Waals surface area contributed by atoms with E-state index in [1.165, 1.54) is 66.8 Å². The molecule has 15 nitrogen and oxygen atoms in total. The van der Waals surface area contributed by atoms with Crippen LogP contribution in [-0.2, 0) is 19.5 Å². The Morgan fingerprint density at radius 3 is 2.51 bits per heavy atom. The van der Waals surface area contributed by atoms with E-state index >= 15 is 0 Å². The summed E-state index contributed by atoms with van der Waals surface area (Å²) in [5.74, 6) is -0.495. The van der Waals surface area contributed by atoms with Crippen LogP contribution in [0.4, 0.5) is 17.1 Å². The van der Waals surface area contributed by atoms with Gasteiger partial charge in [0.1, 0.15) is 22.8 Å². The third-order valence-corrected chi connectivity index (χ3v) is 13.9. The van der Waals surface area contributed by atoms with Crippen molar-refractivity contribution in [3.8, 4) is 11.5 Å². The van der Waals surface area contributed by atoms with Gasteiger partial charge in [-0.25, -0.2) is 18.1 Å². The van der Waals surface area contributed by atoms with Crippen LogP contribution in [0, 0.1) is 15.5 Å². The number of hydrogen-bond donors (Lipinski definition) is 3. The number of hydrogen-bond acceptors (Lipinski definition) is 12. The highest BCUT2D eigenvalue weighted by atomic mass is 35.5. The van der Waals surface area contributed by atoms with E-state index in [1.54, 1.807) is 24.4 Å². The number of nitro groups is 1. The number of piperazine rings is 1. The molecule has 3 heterocycles. The molecule has 332 valence electrons. The van der Waals surface area contributed by atoms with Crippen LogP contribution in [0.2, 0.25) is 5.02 Å². The Morgan fingerprint density at radius 2 is 1.76 bits per heavy atom. The third kappa shape index (κ3) is 10.5. The molecule has 2 aromatic heterocycles. The van der Waals surface area contributed by atoms with Crippen molar-refractivity contribution in [2.75, 3.05) is 75.9 Å². The summed E-state index contributed by atoms with van der Waals surface area (Å²) in [6, 6.07) is 20.4. The first-order valence-corrected chi connectivity index (χ1v) is 23.3. The van der Waals surface area contributed by atoms with Crippen LogP contribution in [0.3, 0.4) is 0 Å². The first kappa shape index (κ1) is 44.1. The molecule has 8 rings (SSSR count). The quantitative estimate of drug-likeness (QED) is 0.0435. The first-order chi connectivity index (χ1) is 30.5. The van der Waals surface area contributed by atoms with Crippen molar-refractivity contribution in [1.82, 2.24) is 19.6 Å². The van der Waals surface area contributed by atoms with Gasteiger partial charge in [0.05, 0.1) is 41.4 Å². The van der Waals surface area contributed by atoms with E-state index in [1.807, 2.05) is 25.1 Å². The summed E-state index contributed by atoms with van der Waals surface area (Å²) in [7, 11) is -4.57. The Morgan fingerprint density at radius 1 is 0.968 bits per heavy atom. The molecule has 5 aromatic rings. The smallest absolute Gasteiger partial charge is 0.293 e. The molecule has 17 heteroatoms. The van der Waals surface area contributed by atoms with Gasteiger partial charge in [-0.05, 0) is 104 Å². The number of benzene rings is 3. The minimum absolute atomic E-state index is 0.0459. The van der Waals surface area contributed by atoms with Crippen LogP contribution >= 0.6 is 11.6 Å². The molecule has 1 saturated carbocycles. The molecule has 1 saturated heterocycles. The molecular weight excluding hydrogens is 846 g/mol. The van der Waals surface area contributed by atoms with E-state index in [0.717, 1.165) is 67.7 Å². The van der Waals surface area contributed by atoms with Gasteiger partial charge in [0, 0.05) is 80.3 Å². The number of ether oxygens (including phenoxy) is 3. The summed E-state index contributed by atoms with van der Waals surface area (Å²) >= 11 is 6.27. The van der Waals surface area contributed by atoms with Gasteiger partial charge in [0.25, 0.3) is 21.6 Å². The van der Waals surface area contributed by atoms with Gasteiger partial charge in [0.15, 0.2) is 0 Å². The number of rotatable bonds is 18. The second-order valence-corrected chi connectivity index (χ2v) is 18.5. The highest BCUT2D eigenvalue weighted by Gasteiger charge is 2.41. The standard InChI is InChI=1S/C46H52ClN7O8S/c1-2-60-24-25-61-23-18-48-41-11-9-38(28-42(41)54(56)57)63(58,59)51-45(55)39-10-8-36(27-43(39)62-37-26-33-13-17-49-44(33)50-30-37)53-21-19-52(20-22-53)31-34-12-16-46(14-3-15-46)29-40(34)32-4-6-35(47)7-5-32/h4-11,13,17,26-28,30,48H,2-3,12,14-16,18-25,29,31H2,1H3,(H,49,50)(H,51,55). The topological polar surface area (TPSA) is 181 Å². The van der Waals surface area contributed by atoms with Crippen molar-refractivity contribution in [2.24, 2.45) is 5.41 Å². The molecule has 3 N–H and O–H groups in total. The minimum Gasteiger partial charge on any atom is -0.455 e. The van der Waals surface area contributed by atoms with E-state index in [9.17, 15) is 23.3 Å². The average Bonchev–Trinajstić information content (AvgIpc) is 3.74. The van der Waals surface area contributed by atoms with Crippen LogP contribution in [0.15, 0.2) is 95.7 Å². The number of H-pyrrole nitrogens is 1. The normalized spacial score (nSPS) is 16.6. The van der Waals surface area contributed by atoms with Gasteiger partial charge in [-0.2, -0.15) is 0 Å². The lowest BCUT2D eigenvalue weighted by Gasteiger charge is -2.47. The molecule has 2 aliphatic carbocycles. The van der Waals surface area contributed by atoms with Crippen molar-refractivity contribution >= 4 is 61.2 Å². The fraction of sp³-hybridized carbons (Fsp3) is 0.391. The zero-order valence-electron chi connectivity index (χ0n) is 35.2. The maximum Gasteiger partial charge on any atom is 0.293 e. The number of aromatic amines is 1. The molecule has 0 bridgehead atoms. The largest absolute Gasteiger partial charge is 0.455 e. The Hall–Kier alpha value is -5.52. The molecule has 1 spiro atoms. The molecule has 0 atom stereocenters. The van der Waals surface area contributed by atoms with Gasteiger partial charge < -0.3 is 29.4 Å². The number of allylic oxidation sites excluding steroid dienone is 1. The van der Waals surface area contributed by atoms with Gasteiger partial charge >= 0.3 is 0 Å². The number of fused-ring (bicyclic) bond motifs is 1. The molecule has 0 unspecified atom stereocenters. The molecule has 3 aliphatic rings. The summed E-state index contributed by atoms with van der Waals surface area (Å²) in [4.78, 5) is 37.0. The highest BCUT2D eigenvalue weighted by Crippen LogP contribution is 2.55. The van der Waals surface area contributed by atoms with E-state index < -0.39 is 31.4 Å². The van der Waals surface area contributed by atoms with Crippen LogP contribution < -0.4 is 19.7 Å². The molecule has 1 amide bonds. The zero-order chi connectivity index (χ0) is 44.0. The Balaban J connectivity index is 0.979. The van der Waals surface area contributed by atoms with Crippen LogP contribution in [-0.4, -0.2) is 99.8 Å². The summed E-state index contributed by atoms with van der Waals surface area (Å²) in [5.41, 5.74) is 5.75. The second-order valence-electron chi connectivity index (χ2n) is 16.4. The summed E-state index contributed by atoms with van der Waals surface area (Å²) < 4.78 is 46.4. The van der Waals surface area contributed by atoms with Crippen LogP contribution in [0.5, 0.6) is 11.5 Å². The predicted octanol–water partition coefficient (Wildman–Crippen LogP) is 8.43. The van der Waals surface area contributed by atoms with E-state index in [4.69, 9.17) is 25.8 Å². The van der Waals surface area contributed by atoms with Gasteiger partial charge in [-0.3, -0.25) is 19.8 Å². The number of nitro benzene ring substituents is 1. The van der Waals surface area contributed by atoms with Crippen LogP contribution in [0.25, 0.3) is 16.6 Å². The predicted molar refractivity (Wildman–Crippen MR) is 243 cm³/mol. The summed E-state index contributed by atoms with van der Waals surface area (Å²) in [6.45, 7) is 7.76. The molecule has 63 heavy (non-hydrogen) atoms. The number of anilines is 2. The number of amides is 1. The highest BCUT2D eigenvalue weighted by molar-refractivity contribution is 7.90. The van der Waals surface area contributed by atoms with E-state index in [2.05, 4.69) is 41.9 Å². The number of aromatic nitrogens is 2. The van der Waals surface area contributed by atoms with Crippen molar-refractivity contribution in [3.63, 3.8) is 0 Å². The fourth-order valence-corrected chi connectivity index (χ4v) is 9.86. The van der Waals surface area contributed by atoms with Crippen molar-refractivity contribution in [2.45, 2.75) is 50.3 Å². The first-order valence-electron chi connectivity index (χ1n) is 21.4. The summed E-state index contributed by atoms with van der Waals surface area (Å²) in [6.07, 6.45) is 10.7. The molecule has 2 fully saturated rings. The lowest BCUT2D eigenvalue weighted by Crippen LogP contribution is -2.47. The third-order valence-electron chi connectivity index (χ3n) is 12.3. The number of halogens is 1. The fourth-order valence-electron chi connectivity index (χ4n) is 8.74. The number of nitrogens with zero attached hydrogens (tertiary/aromatic N) is 4. The van der Waals surface area contributed by atoms with Crippen LogP contribution in [0.1, 0.15) is 61.4 Å². The van der Waals surface area contributed by atoms with Crippen molar-refractivity contribution in [3.05, 3.63) is 117 Å². The maximum absolute atomic E-state index is 13.9. The number of pyridine rings is 1. The second kappa shape index (κ2) is 19.5. The zero-order valence-corrected chi connectivity index (χ0v) is 36.8. The monoisotopic (exact) mass is 897 g/mol. The van der Waals surface area contributed by atoms with E-state index in [-0.39, 0.29) is 30.2 Å². The molecule has 0 radical (unpaired) electrons. The van der Waals surface area contributed by atoms with Crippen molar-refractivity contribution < 1.29 is 32.3 Å². The number of carbonyl (C=O) groups is 1. The van der Waals surface area contributed by atoms with Crippen molar-refractivity contribution in [1.29, 1.82) is 0 Å². The molecule has 3 aromatic carbocycles. The lowest BCUT2D eigenvalue weighted by molar-refractivity contribution is -0.384. The van der Waals surface area contributed by atoms with E-state index in [0.29, 0.717) is 36.6 Å². The average molecular weight is 898 g/mol. The molecular formula is C46H52ClN7O8S. The lowest BCUT2D eigenvalue weighted by atomic mass is 9.59. The number of nitrogens with one attached hydrogen (secondary N) is 3. The van der Waals surface area contributed by atoms with Gasteiger partial charge in [-0.1, -0.05) is 35.7 Å². The van der Waals surface area contributed by atoms with Gasteiger partial charge in [-0.15, -0.1) is 0 Å². The Kier molecular flexibility index (Phi) is 13.6. The minimum atomic E-state index is -4.57.